The second kappa shape index (κ2) is 6.44. The Bertz CT molecular complexity index is 288. The molecule has 7 heteroatoms. The fourth-order valence-corrected chi connectivity index (χ4v) is 2.46. The lowest BCUT2D eigenvalue weighted by molar-refractivity contribution is -0.135. The molecule has 0 bridgehead atoms. The van der Waals surface area contributed by atoms with Gasteiger partial charge in [-0.25, -0.2) is 8.42 Å². The highest BCUT2D eigenvalue weighted by Crippen LogP contribution is 2.22. The van der Waals surface area contributed by atoms with Gasteiger partial charge in [0.2, 0.25) is 0 Å². The monoisotopic (exact) mass is 261 g/mol. The summed E-state index contributed by atoms with van der Waals surface area (Å²) in [4.78, 5) is 0. The molecule has 0 saturated carbocycles. The number of nitrogens with one attached hydrogen (secondary N) is 1. The van der Waals surface area contributed by atoms with Crippen molar-refractivity contribution in [1.29, 1.82) is 0 Å². The van der Waals surface area contributed by atoms with Crippen molar-refractivity contribution in [2.75, 3.05) is 18.6 Å². The smallest absolute Gasteiger partial charge is 0.313 e. The minimum Gasteiger partial charge on any atom is -0.313 e. The summed E-state index contributed by atoms with van der Waals surface area (Å²) >= 11 is 0. The van der Waals surface area contributed by atoms with Gasteiger partial charge in [-0.2, -0.15) is 13.2 Å². The molecule has 0 aromatic heterocycles. The summed E-state index contributed by atoms with van der Waals surface area (Å²) < 4.78 is 57.7. The minimum absolute atomic E-state index is 0.0450. The predicted octanol–water partition coefficient (Wildman–Crippen LogP) is 1.74. The maximum atomic E-state index is 11.9. The van der Waals surface area contributed by atoms with Gasteiger partial charge in [-0.3, -0.25) is 0 Å². The van der Waals surface area contributed by atoms with Gasteiger partial charge in [0.1, 0.15) is 9.84 Å². The Morgan fingerprint density at radius 1 is 1.31 bits per heavy atom. The molecule has 3 nitrogen and oxygen atoms in total. The Kier molecular flexibility index (Phi) is 6.32. The molecule has 1 unspecified atom stereocenters. The highest BCUT2D eigenvalue weighted by molar-refractivity contribution is 7.90. The fraction of sp³-hybridized carbons (Fsp3) is 1.00. The van der Waals surface area contributed by atoms with Crippen molar-refractivity contribution < 1.29 is 21.6 Å². The van der Waals surface area contributed by atoms with Crippen LogP contribution in [-0.2, 0) is 9.84 Å². The molecular weight excluding hydrogens is 243 g/mol. The molecule has 1 atom stereocenters. The van der Waals surface area contributed by atoms with Gasteiger partial charge in [0.15, 0.2) is 0 Å². The van der Waals surface area contributed by atoms with Crippen molar-refractivity contribution in [3.05, 3.63) is 0 Å². The van der Waals surface area contributed by atoms with Crippen molar-refractivity contribution >= 4 is 9.84 Å². The third-order valence-corrected chi connectivity index (χ3v) is 3.02. The van der Waals surface area contributed by atoms with Crippen LogP contribution in [-0.4, -0.2) is 39.2 Å². The van der Waals surface area contributed by atoms with Crippen LogP contribution in [0.15, 0.2) is 0 Å². The molecule has 0 aromatic carbocycles. The van der Waals surface area contributed by atoms with Crippen LogP contribution < -0.4 is 5.32 Å². The van der Waals surface area contributed by atoms with E-state index in [4.69, 9.17) is 0 Å². The van der Waals surface area contributed by atoms with Crippen LogP contribution in [0.5, 0.6) is 0 Å². The Hall–Kier alpha value is -0.300. The Morgan fingerprint density at radius 3 is 2.25 bits per heavy atom. The number of alkyl halides is 3. The van der Waals surface area contributed by atoms with Crippen molar-refractivity contribution in [3.8, 4) is 0 Å². The molecule has 0 aliphatic rings. The Balaban J connectivity index is 4.05. The average molecular weight is 261 g/mol. The summed E-state index contributed by atoms with van der Waals surface area (Å²) in [6.45, 7) is 2.34. The van der Waals surface area contributed by atoms with Gasteiger partial charge in [0, 0.05) is 18.7 Å². The maximum absolute atomic E-state index is 11.9. The summed E-state index contributed by atoms with van der Waals surface area (Å²) in [5, 5.41) is 2.88. The van der Waals surface area contributed by atoms with Gasteiger partial charge >= 0.3 is 6.18 Å². The zero-order valence-corrected chi connectivity index (χ0v) is 10.3. The number of rotatable bonds is 7. The van der Waals surface area contributed by atoms with Gasteiger partial charge in [-0.15, -0.1) is 0 Å². The molecule has 0 amide bonds. The molecule has 0 saturated heterocycles. The van der Waals surface area contributed by atoms with Gasteiger partial charge in [-0.1, -0.05) is 6.92 Å². The molecule has 0 spiro atoms. The second-order valence-electron chi connectivity index (χ2n) is 3.85. The normalized spacial score (nSPS) is 15.1. The van der Waals surface area contributed by atoms with Crippen molar-refractivity contribution in [3.63, 3.8) is 0 Å². The van der Waals surface area contributed by atoms with Crippen LogP contribution in [0.1, 0.15) is 26.2 Å². The lowest BCUT2D eigenvalue weighted by atomic mass is 10.1. The van der Waals surface area contributed by atoms with E-state index in [-0.39, 0.29) is 24.6 Å². The highest BCUT2D eigenvalue weighted by Gasteiger charge is 2.27. The number of hydrogen-bond acceptors (Lipinski definition) is 3. The fourth-order valence-electron chi connectivity index (χ4n) is 1.45. The zero-order valence-electron chi connectivity index (χ0n) is 9.47. The summed E-state index contributed by atoms with van der Waals surface area (Å²) in [5.74, 6) is -0.112. The zero-order chi connectivity index (χ0) is 12.8. The molecule has 0 aromatic rings. The molecule has 0 rings (SSSR count). The van der Waals surface area contributed by atoms with E-state index < -0.39 is 22.4 Å². The van der Waals surface area contributed by atoms with E-state index >= 15 is 0 Å². The van der Waals surface area contributed by atoms with Crippen molar-refractivity contribution in [1.82, 2.24) is 5.32 Å². The SMILES string of the molecule is CCNC(CCCC(F)(F)F)CS(C)(=O)=O. The van der Waals surface area contributed by atoms with E-state index in [0.717, 1.165) is 6.26 Å². The number of sulfone groups is 1. The molecule has 0 aliphatic carbocycles. The molecule has 0 heterocycles. The molecule has 0 radical (unpaired) electrons. The first-order valence-electron chi connectivity index (χ1n) is 5.12. The summed E-state index contributed by atoms with van der Waals surface area (Å²) in [6.07, 6.45) is -3.77. The predicted molar refractivity (Wildman–Crippen MR) is 57.1 cm³/mol. The summed E-state index contributed by atoms with van der Waals surface area (Å²) in [7, 11) is -3.16. The first kappa shape index (κ1) is 15.7. The van der Waals surface area contributed by atoms with Gasteiger partial charge in [0.25, 0.3) is 0 Å². The van der Waals surface area contributed by atoms with Crippen LogP contribution in [0.2, 0.25) is 0 Å². The topological polar surface area (TPSA) is 46.2 Å². The Morgan fingerprint density at radius 2 is 1.88 bits per heavy atom. The average Bonchev–Trinajstić information content (AvgIpc) is 1.98. The number of halogens is 3. The van der Waals surface area contributed by atoms with Crippen LogP contribution >= 0.6 is 0 Å². The third-order valence-electron chi connectivity index (χ3n) is 2.01. The maximum Gasteiger partial charge on any atom is 0.389 e. The van der Waals surface area contributed by atoms with Crippen LogP contribution in [0.4, 0.5) is 13.2 Å². The van der Waals surface area contributed by atoms with Crippen LogP contribution in [0, 0.1) is 0 Å². The highest BCUT2D eigenvalue weighted by atomic mass is 32.2. The first-order valence-corrected chi connectivity index (χ1v) is 7.18. The lowest BCUT2D eigenvalue weighted by Gasteiger charge is -2.17. The van der Waals surface area contributed by atoms with Crippen LogP contribution in [0.25, 0.3) is 0 Å². The summed E-state index contributed by atoms with van der Waals surface area (Å²) in [5.41, 5.74) is 0. The standard InChI is InChI=1S/C9H18F3NO2S/c1-3-13-8(7-16(2,14)15)5-4-6-9(10,11)12/h8,13H,3-7H2,1-2H3. The molecule has 1 N–H and O–H groups in total. The summed E-state index contributed by atoms with van der Waals surface area (Å²) in [6, 6.07) is -0.387. The largest absolute Gasteiger partial charge is 0.389 e. The number of hydrogen-bond donors (Lipinski definition) is 1. The van der Waals surface area contributed by atoms with E-state index in [1.807, 2.05) is 0 Å². The first-order chi connectivity index (χ1) is 7.14. The molecular formula is C9H18F3NO2S. The lowest BCUT2D eigenvalue weighted by Crippen LogP contribution is -2.35. The van der Waals surface area contributed by atoms with E-state index in [1.165, 1.54) is 0 Å². The van der Waals surface area contributed by atoms with E-state index in [9.17, 15) is 21.6 Å². The van der Waals surface area contributed by atoms with E-state index in [1.54, 1.807) is 6.92 Å². The van der Waals surface area contributed by atoms with Crippen molar-refractivity contribution in [2.24, 2.45) is 0 Å². The second-order valence-corrected chi connectivity index (χ2v) is 6.04. The van der Waals surface area contributed by atoms with Gasteiger partial charge in [-0.05, 0) is 19.4 Å². The van der Waals surface area contributed by atoms with Gasteiger partial charge in [0.05, 0.1) is 5.75 Å². The third kappa shape index (κ3) is 10.2. The molecule has 98 valence electrons. The molecule has 0 fully saturated rings. The van der Waals surface area contributed by atoms with Crippen molar-refractivity contribution in [2.45, 2.75) is 38.4 Å². The Labute approximate surface area is 94.3 Å². The van der Waals surface area contributed by atoms with Crippen LogP contribution in [0.3, 0.4) is 0 Å². The molecule has 16 heavy (non-hydrogen) atoms. The van der Waals surface area contributed by atoms with E-state index in [2.05, 4.69) is 5.32 Å². The van der Waals surface area contributed by atoms with E-state index in [0.29, 0.717) is 6.54 Å². The quantitative estimate of drug-likeness (QED) is 0.759. The molecule has 0 aliphatic heterocycles. The minimum atomic E-state index is -4.16. The van der Waals surface area contributed by atoms with Gasteiger partial charge < -0.3 is 5.32 Å².